The molecule has 0 radical (unpaired) electrons. The van der Waals surface area contributed by atoms with E-state index in [1.807, 2.05) is 85.8 Å². The van der Waals surface area contributed by atoms with Gasteiger partial charge in [-0.25, -0.2) is 9.79 Å². The molecule has 1 aliphatic rings. The highest BCUT2D eigenvalue weighted by molar-refractivity contribution is 7.07. The summed E-state index contributed by atoms with van der Waals surface area (Å²) in [6.07, 6.45) is 1.83. The zero-order valence-electron chi connectivity index (χ0n) is 20.8. The van der Waals surface area contributed by atoms with Gasteiger partial charge in [-0.1, -0.05) is 89.7 Å². The first kappa shape index (κ1) is 24.5. The second-order valence-corrected chi connectivity index (χ2v) is 9.81. The topological polar surface area (TPSA) is 69.9 Å². The lowest BCUT2D eigenvalue weighted by Gasteiger charge is -2.24. The minimum absolute atomic E-state index is 0.222. The minimum Gasteiger partial charge on any atom is -0.488 e. The first-order valence-electron chi connectivity index (χ1n) is 11.9. The van der Waals surface area contributed by atoms with Crippen LogP contribution in [0.5, 0.6) is 5.75 Å². The number of nitrogens with zero attached hydrogens (tertiary/aromatic N) is 2. The molecule has 1 unspecified atom stereocenters. The van der Waals surface area contributed by atoms with E-state index < -0.39 is 12.0 Å². The summed E-state index contributed by atoms with van der Waals surface area (Å²) in [5, 5.41) is 0. The summed E-state index contributed by atoms with van der Waals surface area (Å²) in [5.74, 6) is 0.181. The van der Waals surface area contributed by atoms with Gasteiger partial charge in [0.15, 0.2) is 4.80 Å². The molecule has 1 aliphatic heterocycles. The molecule has 3 aromatic carbocycles. The number of benzene rings is 3. The molecule has 0 N–H and O–H groups in total. The van der Waals surface area contributed by atoms with Crippen molar-refractivity contribution in [3.8, 4) is 5.75 Å². The molecule has 0 amide bonds. The first-order valence-corrected chi connectivity index (χ1v) is 12.7. The van der Waals surface area contributed by atoms with Gasteiger partial charge >= 0.3 is 5.97 Å². The first-order chi connectivity index (χ1) is 18.0. The lowest BCUT2D eigenvalue weighted by atomic mass is 9.96. The standard InChI is InChI=1S/C30H26N2O4S/c1-19-10-9-11-21(16-19)18-36-24-15-8-7-14-23(24)17-25-28(33)32-27(22-12-5-4-6-13-22)26(29(34)35-3)20(2)31-30(32)37-25/h4-17,27H,18H2,1-3H3. The average Bonchev–Trinajstić information content (AvgIpc) is 3.21. The summed E-state index contributed by atoms with van der Waals surface area (Å²) in [7, 11) is 1.34. The molecule has 6 nitrogen and oxygen atoms in total. The van der Waals surface area contributed by atoms with E-state index in [9.17, 15) is 9.59 Å². The van der Waals surface area contributed by atoms with Crippen LogP contribution in [0.25, 0.3) is 6.08 Å². The number of aryl methyl sites for hydroxylation is 1. The second kappa shape index (κ2) is 10.4. The Morgan fingerprint density at radius 3 is 2.54 bits per heavy atom. The highest BCUT2D eigenvalue weighted by Gasteiger charge is 2.32. The van der Waals surface area contributed by atoms with Crippen molar-refractivity contribution in [2.24, 2.45) is 4.99 Å². The fourth-order valence-corrected chi connectivity index (χ4v) is 5.52. The maximum Gasteiger partial charge on any atom is 0.338 e. The highest BCUT2D eigenvalue weighted by Crippen LogP contribution is 2.30. The van der Waals surface area contributed by atoms with E-state index in [0.29, 0.717) is 33.0 Å². The van der Waals surface area contributed by atoms with E-state index in [1.165, 1.54) is 24.0 Å². The molecule has 0 bridgehead atoms. The third kappa shape index (κ3) is 4.90. The second-order valence-electron chi connectivity index (χ2n) is 8.80. The third-order valence-corrected chi connectivity index (χ3v) is 7.21. The Bertz CT molecular complexity index is 1680. The van der Waals surface area contributed by atoms with Crippen molar-refractivity contribution in [3.63, 3.8) is 0 Å². The van der Waals surface area contributed by atoms with Gasteiger partial charge in [0.2, 0.25) is 0 Å². The highest BCUT2D eigenvalue weighted by atomic mass is 32.1. The SMILES string of the molecule is COC(=O)C1=C(C)N=c2sc(=Cc3ccccc3OCc3cccc(C)c3)c(=O)n2C1c1ccccc1. The summed E-state index contributed by atoms with van der Waals surface area (Å²) in [6.45, 7) is 4.24. The molecule has 37 heavy (non-hydrogen) atoms. The summed E-state index contributed by atoms with van der Waals surface area (Å²) in [5.41, 5.74) is 4.52. The number of aromatic nitrogens is 1. The van der Waals surface area contributed by atoms with Crippen LogP contribution >= 0.6 is 11.3 Å². The third-order valence-electron chi connectivity index (χ3n) is 6.22. The van der Waals surface area contributed by atoms with Crippen molar-refractivity contribution in [3.05, 3.63) is 132 Å². The number of carbonyl (C=O) groups excluding carboxylic acids is 1. The van der Waals surface area contributed by atoms with E-state index in [4.69, 9.17) is 9.47 Å². The van der Waals surface area contributed by atoms with Crippen molar-refractivity contribution in [2.75, 3.05) is 7.11 Å². The average molecular weight is 511 g/mol. The number of para-hydroxylation sites is 1. The number of hydrogen-bond donors (Lipinski definition) is 0. The van der Waals surface area contributed by atoms with Gasteiger partial charge in [0, 0.05) is 5.56 Å². The van der Waals surface area contributed by atoms with Crippen LogP contribution in [0, 0.1) is 6.92 Å². The number of thiazole rings is 1. The summed E-state index contributed by atoms with van der Waals surface area (Å²) in [4.78, 5) is 31.7. The lowest BCUT2D eigenvalue weighted by Crippen LogP contribution is -2.39. The summed E-state index contributed by atoms with van der Waals surface area (Å²) in [6, 6.07) is 24.7. The van der Waals surface area contributed by atoms with E-state index >= 15 is 0 Å². The molecule has 0 aliphatic carbocycles. The molecular formula is C30H26N2O4S. The van der Waals surface area contributed by atoms with Crippen LogP contribution in [0.2, 0.25) is 0 Å². The molecule has 0 spiro atoms. The van der Waals surface area contributed by atoms with Crippen molar-refractivity contribution in [1.82, 2.24) is 4.57 Å². The fourth-order valence-electron chi connectivity index (χ4n) is 4.48. The van der Waals surface area contributed by atoms with Crippen LogP contribution < -0.4 is 19.6 Å². The molecule has 0 saturated heterocycles. The Morgan fingerprint density at radius 1 is 1.03 bits per heavy atom. The van der Waals surface area contributed by atoms with Gasteiger partial charge in [0.25, 0.3) is 5.56 Å². The Labute approximate surface area is 218 Å². The van der Waals surface area contributed by atoms with E-state index in [-0.39, 0.29) is 5.56 Å². The number of rotatable bonds is 6. The Kier molecular flexibility index (Phi) is 6.88. The van der Waals surface area contributed by atoms with Crippen LogP contribution in [0.15, 0.2) is 99.9 Å². The van der Waals surface area contributed by atoms with Crippen molar-refractivity contribution >= 4 is 23.4 Å². The fraction of sp³-hybridized carbons (Fsp3) is 0.167. The number of fused-ring (bicyclic) bond motifs is 1. The monoisotopic (exact) mass is 510 g/mol. The Balaban J connectivity index is 1.59. The molecular weight excluding hydrogens is 484 g/mol. The van der Waals surface area contributed by atoms with Gasteiger partial charge in [0.1, 0.15) is 12.4 Å². The predicted molar refractivity (Wildman–Crippen MR) is 144 cm³/mol. The number of allylic oxidation sites excluding steroid dienone is 1. The largest absolute Gasteiger partial charge is 0.488 e. The molecule has 7 heteroatoms. The van der Waals surface area contributed by atoms with Gasteiger partial charge in [0.05, 0.1) is 29.0 Å². The number of ether oxygens (including phenoxy) is 2. The maximum atomic E-state index is 13.8. The van der Waals surface area contributed by atoms with Gasteiger partial charge in [-0.15, -0.1) is 0 Å². The van der Waals surface area contributed by atoms with Crippen LogP contribution in [0.1, 0.15) is 35.2 Å². The van der Waals surface area contributed by atoms with Crippen molar-refractivity contribution in [1.29, 1.82) is 0 Å². The molecule has 5 rings (SSSR count). The van der Waals surface area contributed by atoms with Crippen molar-refractivity contribution < 1.29 is 14.3 Å². The van der Waals surface area contributed by atoms with Crippen LogP contribution in [-0.2, 0) is 16.1 Å². The lowest BCUT2D eigenvalue weighted by molar-refractivity contribution is -0.136. The molecule has 0 saturated carbocycles. The molecule has 1 aromatic heterocycles. The molecule has 0 fully saturated rings. The zero-order chi connectivity index (χ0) is 25.9. The molecule has 186 valence electrons. The van der Waals surface area contributed by atoms with Crippen LogP contribution in [0.4, 0.5) is 0 Å². The van der Waals surface area contributed by atoms with E-state index in [2.05, 4.69) is 11.1 Å². The number of hydrogen-bond acceptors (Lipinski definition) is 6. The molecule has 2 heterocycles. The van der Waals surface area contributed by atoms with Crippen molar-refractivity contribution in [2.45, 2.75) is 26.5 Å². The summed E-state index contributed by atoms with van der Waals surface area (Å²) < 4.78 is 13.3. The van der Waals surface area contributed by atoms with Gasteiger partial charge in [-0.3, -0.25) is 9.36 Å². The van der Waals surface area contributed by atoms with Crippen LogP contribution in [0.3, 0.4) is 0 Å². The molecule has 1 atom stereocenters. The molecule has 4 aromatic rings. The van der Waals surface area contributed by atoms with E-state index in [0.717, 1.165) is 16.7 Å². The minimum atomic E-state index is -0.625. The van der Waals surface area contributed by atoms with Gasteiger partial charge < -0.3 is 9.47 Å². The van der Waals surface area contributed by atoms with Crippen LogP contribution in [-0.4, -0.2) is 17.6 Å². The quantitative estimate of drug-likeness (QED) is 0.363. The number of carbonyl (C=O) groups is 1. The summed E-state index contributed by atoms with van der Waals surface area (Å²) >= 11 is 1.29. The Hall–Kier alpha value is -4.23. The van der Waals surface area contributed by atoms with Gasteiger partial charge in [-0.2, -0.15) is 0 Å². The van der Waals surface area contributed by atoms with Gasteiger partial charge in [-0.05, 0) is 37.1 Å². The normalized spacial score (nSPS) is 15.2. The number of methoxy groups -OCH3 is 1. The smallest absolute Gasteiger partial charge is 0.338 e. The Morgan fingerprint density at radius 2 is 1.78 bits per heavy atom. The number of esters is 1. The zero-order valence-corrected chi connectivity index (χ0v) is 21.6. The van der Waals surface area contributed by atoms with E-state index in [1.54, 1.807) is 11.5 Å². The maximum absolute atomic E-state index is 13.8. The predicted octanol–water partition coefficient (Wildman–Crippen LogP) is 4.30.